The highest BCUT2D eigenvalue weighted by atomic mass is 19.1. The largest absolute Gasteiger partial charge is 0.367 e. The molecule has 0 spiro atoms. The monoisotopic (exact) mass is 479 g/mol. The molecule has 9 nitrogen and oxygen atoms in total. The van der Waals surface area contributed by atoms with Crippen molar-refractivity contribution in [2.24, 2.45) is 5.92 Å². The molecule has 11 heteroatoms. The number of anilines is 3. The van der Waals surface area contributed by atoms with Gasteiger partial charge in [-0.2, -0.15) is 4.98 Å². The third-order valence-electron chi connectivity index (χ3n) is 6.56. The number of amides is 2. The summed E-state index contributed by atoms with van der Waals surface area (Å²) in [5, 5.41) is 9.05. The molecule has 1 saturated carbocycles. The van der Waals surface area contributed by atoms with E-state index in [1.165, 1.54) is 6.20 Å². The number of halogens is 1. The predicted molar refractivity (Wildman–Crippen MR) is 134 cm³/mol. The molecular formula is C24H31BFN7O2. The van der Waals surface area contributed by atoms with Gasteiger partial charge in [0.15, 0.2) is 0 Å². The zero-order valence-electron chi connectivity index (χ0n) is 20.0. The van der Waals surface area contributed by atoms with Crippen LogP contribution in [0, 0.1) is 5.92 Å². The van der Waals surface area contributed by atoms with Crippen LogP contribution in [0.4, 0.5) is 21.8 Å². The second-order valence-corrected chi connectivity index (χ2v) is 9.06. The second-order valence-electron chi connectivity index (χ2n) is 9.06. The number of likely N-dealkylation sites (N-methyl/N-ethyl adjacent to an activating group) is 1. The van der Waals surface area contributed by atoms with Gasteiger partial charge >= 0.3 is 0 Å². The molecule has 2 heterocycles. The first kappa shape index (κ1) is 24.9. The van der Waals surface area contributed by atoms with Crippen molar-refractivity contribution in [1.82, 2.24) is 25.1 Å². The maximum Gasteiger partial charge on any atom is 0.253 e. The minimum atomic E-state index is -0.588. The van der Waals surface area contributed by atoms with Gasteiger partial charge in [0.25, 0.3) is 5.91 Å². The number of rotatable bonds is 8. The number of alkyl halides is 1. The van der Waals surface area contributed by atoms with E-state index >= 15 is 0 Å². The molecule has 1 aliphatic carbocycles. The lowest BCUT2D eigenvalue weighted by Crippen LogP contribution is -2.47. The Balaban J connectivity index is 1.39. The summed E-state index contributed by atoms with van der Waals surface area (Å²) in [5.74, 6) is 0.393. The van der Waals surface area contributed by atoms with Gasteiger partial charge in [-0.1, -0.05) is 6.42 Å². The predicted octanol–water partition coefficient (Wildman–Crippen LogP) is 1.07. The summed E-state index contributed by atoms with van der Waals surface area (Å²) in [6, 6.07) is 7.08. The fourth-order valence-corrected chi connectivity index (χ4v) is 4.51. The zero-order valence-corrected chi connectivity index (χ0v) is 20.0. The van der Waals surface area contributed by atoms with E-state index < -0.39 is 6.67 Å². The SMILES string of the molecule is [B]c1cnc(Nc2ccc(C(=O)N3CCN(C)CC3)cc2)nc1N[C@@H]1CCC[C@@H]1C(=O)NCCF. The first-order chi connectivity index (χ1) is 16.9. The van der Waals surface area contributed by atoms with Gasteiger partial charge in [0.1, 0.15) is 20.3 Å². The topological polar surface area (TPSA) is 102 Å². The van der Waals surface area contributed by atoms with E-state index in [0.717, 1.165) is 51.1 Å². The number of hydrogen-bond acceptors (Lipinski definition) is 7. The molecule has 184 valence electrons. The Bertz CT molecular complexity index is 1030. The van der Waals surface area contributed by atoms with Gasteiger partial charge in [-0.3, -0.25) is 9.59 Å². The van der Waals surface area contributed by atoms with Crippen LogP contribution < -0.4 is 21.4 Å². The first-order valence-corrected chi connectivity index (χ1v) is 12.0. The third kappa shape index (κ3) is 6.27. The lowest BCUT2D eigenvalue weighted by Gasteiger charge is -2.32. The maximum absolute atomic E-state index is 12.7. The molecule has 0 unspecified atom stereocenters. The van der Waals surface area contributed by atoms with E-state index in [1.54, 1.807) is 12.1 Å². The van der Waals surface area contributed by atoms with Crippen molar-refractivity contribution >= 4 is 42.6 Å². The van der Waals surface area contributed by atoms with Gasteiger partial charge in [0.2, 0.25) is 11.9 Å². The van der Waals surface area contributed by atoms with Crippen LogP contribution in [0.15, 0.2) is 30.5 Å². The summed E-state index contributed by atoms with van der Waals surface area (Å²) in [6.45, 7) is 2.63. The standard InChI is InChI=1S/C24H31BFN7O2/c1-32-11-13-33(14-12-32)23(35)16-5-7-17(8-6-16)29-24-28-15-19(25)21(31-24)30-20-4-2-3-18(20)22(34)27-10-9-26/h5-8,15,18,20H,2-4,9-14H2,1H3,(H,27,34)(H2,28,29,30,31)/t18-,20+/m0/s1. The Hall–Kier alpha value is -3.21. The van der Waals surface area contributed by atoms with Gasteiger partial charge in [-0.15, -0.1) is 0 Å². The van der Waals surface area contributed by atoms with E-state index in [1.807, 2.05) is 17.0 Å². The molecule has 35 heavy (non-hydrogen) atoms. The van der Waals surface area contributed by atoms with Crippen molar-refractivity contribution in [3.8, 4) is 0 Å². The Labute approximate surface area is 206 Å². The normalized spacial score (nSPS) is 20.5. The molecule has 2 aromatic rings. The summed E-state index contributed by atoms with van der Waals surface area (Å²) in [7, 11) is 8.14. The molecule has 4 rings (SSSR count). The molecule has 1 saturated heterocycles. The molecule has 2 amide bonds. The minimum absolute atomic E-state index is 0.0194. The zero-order chi connectivity index (χ0) is 24.8. The number of nitrogens with zero attached hydrogens (tertiary/aromatic N) is 4. The van der Waals surface area contributed by atoms with Crippen molar-refractivity contribution < 1.29 is 14.0 Å². The Morgan fingerprint density at radius 1 is 1.14 bits per heavy atom. The Kier molecular flexibility index (Phi) is 8.17. The minimum Gasteiger partial charge on any atom is -0.367 e. The highest BCUT2D eigenvalue weighted by Gasteiger charge is 2.33. The van der Waals surface area contributed by atoms with Crippen LogP contribution in [0.1, 0.15) is 29.6 Å². The van der Waals surface area contributed by atoms with Gasteiger partial charge in [0.05, 0.1) is 5.92 Å². The van der Waals surface area contributed by atoms with E-state index in [9.17, 15) is 14.0 Å². The Morgan fingerprint density at radius 3 is 2.60 bits per heavy atom. The number of aromatic nitrogens is 2. The number of carbonyl (C=O) groups is 2. The molecular weight excluding hydrogens is 448 g/mol. The molecule has 0 bridgehead atoms. The fraction of sp³-hybridized carbons (Fsp3) is 0.500. The highest BCUT2D eigenvalue weighted by molar-refractivity contribution is 6.35. The lowest BCUT2D eigenvalue weighted by molar-refractivity contribution is -0.125. The molecule has 2 aliphatic rings. The van der Waals surface area contributed by atoms with Crippen LogP contribution in [0.3, 0.4) is 0 Å². The maximum atomic E-state index is 12.7. The third-order valence-corrected chi connectivity index (χ3v) is 6.56. The average Bonchev–Trinajstić information content (AvgIpc) is 3.33. The summed E-state index contributed by atoms with van der Waals surface area (Å²) in [5.41, 5.74) is 1.75. The molecule has 2 atom stereocenters. The van der Waals surface area contributed by atoms with Crippen molar-refractivity contribution in [3.63, 3.8) is 0 Å². The smallest absolute Gasteiger partial charge is 0.253 e. The quantitative estimate of drug-likeness (QED) is 0.487. The van der Waals surface area contributed by atoms with Crippen LogP contribution in [-0.4, -0.2) is 91.9 Å². The van der Waals surface area contributed by atoms with Crippen molar-refractivity contribution in [1.29, 1.82) is 0 Å². The molecule has 2 radical (unpaired) electrons. The molecule has 2 fully saturated rings. The van der Waals surface area contributed by atoms with E-state index in [2.05, 4.69) is 37.9 Å². The molecule has 3 N–H and O–H groups in total. The van der Waals surface area contributed by atoms with Crippen LogP contribution in [-0.2, 0) is 4.79 Å². The number of benzene rings is 1. The van der Waals surface area contributed by atoms with Gasteiger partial charge in [-0.25, -0.2) is 9.37 Å². The van der Waals surface area contributed by atoms with Crippen LogP contribution in [0.25, 0.3) is 0 Å². The summed E-state index contributed by atoms with van der Waals surface area (Å²) >= 11 is 0. The number of nitrogens with one attached hydrogen (secondary N) is 3. The molecule has 1 aromatic carbocycles. The molecule has 1 aliphatic heterocycles. The highest BCUT2D eigenvalue weighted by Crippen LogP contribution is 2.28. The van der Waals surface area contributed by atoms with Gasteiger partial charge < -0.3 is 25.8 Å². The number of hydrogen-bond donors (Lipinski definition) is 3. The summed E-state index contributed by atoms with van der Waals surface area (Å²) in [6.07, 6.45) is 3.92. The van der Waals surface area contributed by atoms with E-state index in [-0.39, 0.29) is 30.3 Å². The van der Waals surface area contributed by atoms with Crippen molar-refractivity contribution in [2.75, 3.05) is 57.1 Å². The van der Waals surface area contributed by atoms with Gasteiger partial charge in [-0.05, 0) is 49.6 Å². The van der Waals surface area contributed by atoms with Crippen LogP contribution in [0.2, 0.25) is 0 Å². The lowest BCUT2D eigenvalue weighted by atomic mass is 9.97. The first-order valence-electron chi connectivity index (χ1n) is 12.0. The van der Waals surface area contributed by atoms with Crippen LogP contribution in [0.5, 0.6) is 0 Å². The van der Waals surface area contributed by atoms with Crippen LogP contribution >= 0.6 is 0 Å². The second kappa shape index (κ2) is 11.5. The Morgan fingerprint density at radius 2 is 1.89 bits per heavy atom. The van der Waals surface area contributed by atoms with E-state index in [4.69, 9.17) is 7.85 Å². The average molecular weight is 479 g/mol. The fourth-order valence-electron chi connectivity index (χ4n) is 4.51. The summed E-state index contributed by atoms with van der Waals surface area (Å²) in [4.78, 5) is 37.9. The van der Waals surface area contributed by atoms with E-state index in [0.29, 0.717) is 22.8 Å². The molecule has 1 aromatic heterocycles. The van der Waals surface area contributed by atoms with Crippen molar-refractivity contribution in [2.45, 2.75) is 25.3 Å². The van der Waals surface area contributed by atoms with Crippen molar-refractivity contribution in [3.05, 3.63) is 36.0 Å². The summed E-state index contributed by atoms with van der Waals surface area (Å²) < 4.78 is 12.4. The van der Waals surface area contributed by atoms with Gasteiger partial charge in [0, 0.05) is 56.2 Å². The number of piperazine rings is 1. The number of carbonyl (C=O) groups excluding carboxylic acids is 2.